The number of aromatic amines is 1. The molecule has 8 heteroatoms. The number of aromatic nitrogens is 1. The predicted octanol–water partition coefficient (Wildman–Crippen LogP) is 3.64. The van der Waals surface area contributed by atoms with Gasteiger partial charge in [0.05, 0.1) is 7.11 Å². The number of likely N-dealkylation sites (tertiary alicyclic amines) is 1. The number of nitrogens with zero attached hydrogens (tertiary/aromatic N) is 1. The molecule has 1 atom stereocenters. The molecule has 0 amide bonds. The highest BCUT2D eigenvalue weighted by atomic mass is 35.5. The summed E-state index contributed by atoms with van der Waals surface area (Å²) in [6, 6.07) is 6.11. The molecule has 3 aromatic rings. The van der Waals surface area contributed by atoms with Gasteiger partial charge in [-0.05, 0) is 30.0 Å². The Kier molecular flexibility index (Phi) is 7.31. The van der Waals surface area contributed by atoms with E-state index in [1.165, 1.54) is 11.3 Å². The fraction of sp³-hybridized carbons (Fsp3) is 0.316. The molecule has 0 aliphatic carbocycles. The number of nitrogens with one attached hydrogen (secondary N) is 1. The third kappa shape index (κ3) is 4.15. The summed E-state index contributed by atoms with van der Waals surface area (Å²) in [7, 11) is 1.68. The lowest BCUT2D eigenvalue weighted by atomic mass is 10.0. The Labute approximate surface area is 174 Å². The highest BCUT2D eigenvalue weighted by Crippen LogP contribution is 2.34. The minimum Gasteiger partial charge on any atom is -0.496 e. The fourth-order valence-corrected chi connectivity index (χ4v) is 4.34. The van der Waals surface area contributed by atoms with E-state index in [9.17, 15) is 4.79 Å². The van der Waals surface area contributed by atoms with Crippen LogP contribution in [0.2, 0.25) is 0 Å². The van der Waals surface area contributed by atoms with Crippen molar-refractivity contribution in [1.82, 2.24) is 9.88 Å². The quantitative estimate of drug-likeness (QED) is 0.666. The Morgan fingerprint density at radius 3 is 2.89 bits per heavy atom. The zero-order chi connectivity index (χ0) is 17.4. The SMILES string of the molecule is COc1ccc2[nH]c(=O)c3sccc3c2c1/C=C/CN1CCC(N)C1.Cl.Cl. The van der Waals surface area contributed by atoms with Crippen molar-refractivity contribution >= 4 is 63.2 Å². The summed E-state index contributed by atoms with van der Waals surface area (Å²) in [6.07, 6.45) is 5.31. The van der Waals surface area contributed by atoms with Crippen LogP contribution in [0.25, 0.3) is 27.1 Å². The molecule has 1 aromatic carbocycles. The van der Waals surface area contributed by atoms with Gasteiger partial charge in [0.2, 0.25) is 0 Å². The third-order valence-electron chi connectivity index (χ3n) is 4.77. The number of pyridine rings is 1. The molecule has 1 unspecified atom stereocenters. The second-order valence-electron chi connectivity index (χ2n) is 6.43. The van der Waals surface area contributed by atoms with Gasteiger partial charge in [0.1, 0.15) is 10.4 Å². The Balaban J connectivity index is 0.00000131. The first kappa shape index (κ1) is 21.7. The monoisotopic (exact) mass is 427 g/mol. The molecular weight excluding hydrogens is 405 g/mol. The molecule has 4 rings (SSSR count). The molecule has 0 bridgehead atoms. The molecule has 0 saturated carbocycles. The number of benzene rings is 1. The second-order valence-corrected chi connectivity index (χ2v) is 7.35. The first-order valence-corrected chi connectivity index (χ1v) is 9.30. The van der Waals surface area contributed by atoms with Crippen LogP contribution >= 0.6 is 36.2 Å². The van der Waals surface area contributed by atoms with Gasteiger partial charge in [-0.3, -0.25) is 9.69 Å². The van der Waals surface area contributed by atoms with Crippen molar-refractivity contribution < 1.29 is 4.74 Å². The first-order chi connectivity index (χ1) is 12.2. The van der Waals surface area contributed by atoms with Crippen LogP contribution in [0.3, 0.4) is 0 Å². The zero-order valence-electron chi connectivity index (χ0n) is 14.9. The average Bonchev–Trinajstić information content (AvgIpc) is 3.24. The average molecular weight is 428 g/mol. The highest BCUT2D eigenvalue weighted by Gasteiger charge is 2.17. The van der Waals surface area contributed by atoms with Crippen LogP contribution in [0.5, 0.6) is 5.75 Å². The zero-order valence-corrected chi connectivity index (χ0v) is 17.4. The summed E-state index contributed by atoms with van der Waals surface area (Å²) in [5.74, 6) is 0.807. The van der Waals surface area contributed by atoms with E-state index < -0.39 is 0 Å². The molecule has 2 aromatic heterocycles. The van der Waals surface area contributed by atoms with Crippen LogP contribution in [0, 0.1) is 0 Å². The van der Waals surface area contributed by atoms with E-state index in [-0.39, 0.29) is 36.4 Å². The van der Waals surface area contributed by atoms with E-state index in [2.05, 4.69) is 22.0 Å². The number of ether oxygens (including phenoxy) is 1. The lowest BCUT2D eigenvalue weighted by Crippen LogP contribution is -2.26. The maximum Gasteiger partial charge on any atom is 0.266 e. The highest BCUT2D eigenvalue weighted by molar-refractivity contribution is 7.17. The van der Waals surface area contributed by atoms with Gasteiger partial charge in [-0.1, -0.05) is 12.2 Å². The number of hydrogen-bond acceptors (Lipinski definition) is 5. The predicted molar refractivity (Wildman–Crippen MR) is 119 cm³/mol. The van der Waals surface area contributed by atoms with Crippen LogP contribution in [-0.4, -0.2) is 42.7 Å². The first-order valence-electron chi connectivity index (χ1n) is 8.42. The molecule has 146 valence electrons. The number of fused-ring (bicyclic) bond motifs is 3. The minimum absolute atomic E-state index is 0. The van der Waals surface area contributed by atoms with E-state index >= 15 is 0 Å². The minimum atomic E-state index is -0.0383. The van der Waals surface area contributed by atoms with Crippen LogP contribution in [0.4, 0.5) is 0 Å². The normalized spacial score (nSPS) is 17.3. The molecule has 3 N–H and O–H groups in total. The van der Waals surface area contributed by atoms with Gasteiger partial charge in [-0.15, -0.1) is 36.2 Å². The van der Waals surface area contributed by atoms with Crippen molar-refractivity contribution in [2.24, 2.45) is 5.73 Å². The third-order valence-corrected chi connectivity index (χ3v) is 5.68. The molecule has 3 heterocycles. The lowest BCUT2D eigenvalue weighted by Gasteiger charge is -2.13. The number of halogens is 2. The number of nitrogens with two attached hydrogens (primary N) is 1. The van der Waals surface area contributed by atoms with Gasteiger partial charge in [0.25, 0.3) is 5.56 Å². The number of hydrogen-bond donors (Lipinski definition) is 2. The van der Waals surface area contributed by atoms with Crippen molar-refractivity contribution in [1.29, 1.82) is 0 Å². The van der Waals surface area contributed by atoms with Crippen molar-refractivity contribution in [3.63, 3.8) is 0 Å². The Morgan fingerprint density at radius 1 is 1.37 bits per heavy atom. The van der Waals surface area contributed by atoms with Gasteiger partial charge in [-0.2, -0.15) is 0 Å². The maximum absolute atomic E-state index is 12.2. The number of thiophene rings is 1. The van der Waals surface area contributed by atoms with Gasteiger partial charge < -0.3 is 15.5 Å². The Morgan fingerprint density at radius 2 is 2.19 bits per heavy atom. The van der Waals surface area contributed by atoms with Crippen molar-refractivity contribution in [3.8, 4) is 5.75 Å². The molecule has 0 radical (unpaired) electrons. The second kappa shape index (κ2) is 9.08. The van der Waals surface area contributed by atoms with Crippen molar-refractivity contribution in [2.45, 2.75) is 12.5 Å². The van der Waals surface area contributed by atoms with Crippen LogP contribution in [0.15, 0.2) is 34.4 Å². The van der Waals surface area contributed by atoms with Crippen LogP contribution in [-0.2, 0) is 0 Å². The summed E-state index contributed by atoms with van der Waals surface area (Å²) < 4.78 is 6.33. The molecule has 5 nitrogen and oxygen atoms in total. The van der Waals surface area contributed by atoms with Gasteiger partial charge in [0, 0.05) is 47.5 Å². The van der Waals surface area contributed by atoms with Crippen LogP contribution < -0.4 is 16.0 Å². The molecule has 27 heavy (non-hydrogen) atoms. The Hall–Kier alpha value is -1.57. The van der Waals surface area contributed by atoms with Gasteiger partial charge in [0.15, 0.2) is 0 Å². The van der Waals surface area contributed by atoms with E-state index in [4.69, 9.17) is 10.5 Å². The summed E-state index contributed by atoms with van der Waals surface area (Å²) in [6.45, 7) is 2.85. The van der Waals surface area contributed by atoms with Crippen LogP contribution in [0.1, 0.15) is 12.0 Å². The number of methoxy groups -OCH3 is 1. The van der Waals surface area contributed by atoms with Crippen molar-refractivity contribution in [3.05, 3.63) is 45.6 Å². The number of H-pyrrole nitrogens is 1. The summed E-state index contributed by atoms with van der Waals surface area (Å²) in [5.41, 5.74) is 7.77. The van der Waals surface area contributed by atoms with Crippen molar-refractivity contribution in [2.75, 3.05) is 26.7 Å². The number of rotatable bonds is 4. The summed E-state index contributed by atoms with van der Waals surface area (Å²) in [5, 5.41) is 3.97. The van der Waals surface area contributed by atoms with Gasteiger partial charge in [-0.25, -0.2) is 0 Å². The smallest absolute Gasteiger partial charge is 0.266 e. The molecule has 1 aliphatic heterocycles. The molecule has 0 spiro atoms. The molecule has 1 saturated heterocycles. The largest absolute Gasteiger partial charge is 0.496 e. The molecule has 1 fully saturated rings. The lowest BCUT2D eigenvalue weighted by molar-refractivity contribution is 0.372. The topological polar surface area (TPSA) is 71.4 Å². The molecule has 1 aliphatic rings. The summed E-state index contributed by atoms with van der Waals surface area (Å²) >= 11 is 1.46. The van der Waals surface area contributed by atoms with E-state index in [1.54, 1.807) is 7.11 Å². The van der Waals surface area contributed by atoms with E-state index in [1.807, 2.05) is 23.6 Å². The fourth-order valence-electron chi connectivity index (χ4n) is 3.55. The summed E-state index contributed by atoms with van der Waals surface area (Å²) in [4.78, 5) is 17.6. The standard InChI is InChI=1S/C19H21N3O2S.2ClH/c1-24-16-5-4-15-17(14-7-10-25-18(14)19(23)21-15)13(16)3-2-8-22-9-6-12(20)11-22;;/h2-5,7,10,12H,6,8-9,11,20H2,1H3,(H,21,23);2*1H/b3-2+;;. The molecular formula is C19H23Cl2N3O2S. The van der Waals surface area contributed by atoms with E-state index in [0.29, 0.717) is 0 Å². The maximum atomic E-state index is 12.2. The Bertz CT molecular complexity index is 1020. The van der Waals surface area contributed by atoms with Gasteiger partial charge >= 0.3 is 0 Å². The van der Waals surface area contributed by atoms with E-state index in [0.717, 1.165) is 58.4 Å².